The lowest BCUT2D eigenvalue weighted by molar-refractivity contribution is -0.143. The highest BCUT2D eigenvalue weighted by Crippen LogP contribution is 2.40. The third-order valence-corrected chi connectivity index (χ3v) is 4.15. The lowest BCUT2D eigenvalue weighted by atomic mass is 9.95. The van der Waals surface area contributed by atoms with Crippen molar-refractivity contribution in [2.45, 2.75) is 37.7 Å². The van der Waals surface area contributed by atoms with Crippen molar-refractivity contribution in [3.8, 4) is 0 Å². The van der Waals surface area contributed by atoms with Crippen LogP contribution in [-0.2, 0) is 12.4 Å². The third-order valence-electron chi connectivity index (χ3n) is 4.15. The molecule has 1 amide bonds. The molecule has 1 aliphatic carbocycles. The van der Waals surface area contributed by atoms with Gasteiger partial charge in [0.25, 0.3) is 5.91 Å². The number of carbonyl (C=O) groups is 1. The van der Waals surface area contributed by atoms with E-state index in [1.165, 1.54) is 0 Å². The number of alkyl halides is 6. The lowest BCUT2D eigenvalue weighted by Crippen LogP contribution is -2.53. The maximum absolute atomic E-state index is 12.8. The molecule has 0 radical (unpaired) electrons. The quantitative estimate of drug-likeness (QED) is 0.763. The maximum Gasteiger partial charge on any atom is 0.416 e. The minimum Gasteiger partial charge on any atom is -0.345 e. The number of carbonyl (C=O) groups excluding carboxylic acids is 1. The maximum atomic E-state index is 12.8. The number of hydrogen-bond donors (Lipinski definition) is 2. The summed E-state index contributed by atoms with van der Waals surface area (Å²) in [5.41, 5.74) is 0.994. The predicted octanol–water partition coefficient (Wildman–Crippen LogP) is 4.00. The summed E-state index contributed by atoms with van der Waals surface area (Å²) in [4.78, 5) is 12.2. The lowest BCUT2D eigenvalue weighted by Gasteiger charge is -2.29. The van der Waals surface area contributed by atoms with Gasteiger partial charge >= 0.3 is 12.4 Å². The van der Waals surface area contributed by atoms with E-state index < -0.39 is 40.5 Å². The molecule has 25 heavy (non-hydrogen) atoms. The van der Waals surface area contributed by atoms with Gasteiger partial charge in [0.05, 0.1) is 16.7 Å². The largest absolute Gasteiger partial charge is 0.416 e. The molecule has 0 saturated heterocycles. The summed E-state index contributed by atoms with van der Waals surface area (Å²) >= 11 is 0. The van der Waals surface area contributed by atoms with Crippen LogP contribution >= 0.6 is 12.4 Å². The highest BCUT2D eigenvalue weighted by molar-refractivity contribution is 5.95. The number of amides is 1. The molecule has 1 aromatic rings. The van der Waals surface area contributed by atoms with Gasteiger partial charge < -0.3 is 11.1 Å². The molecule has 1 fully saturated rings. The Morgan fingerprint density at radius 3 is 1.84 bits per heavy atom. The van der Waals surface area contributed by atoms with Crippen LogP contribution in [0.2, 0.25) is 0 Å². The first kappa shape index (κ1) is 21.6. The molecule has 0 bridgehead atoms. The SMILES string of the molecule is CC(CN)(NC(=O)c1cc(C(F)(F)F)cc(C(F)(F)F)c1)C1CC1.Cl. The molecule has 1 atom stereocenters. The normalized spacial score (nSPS) is 17.4. The van der Waals surface area contributed by atoms with Gasteiger partial charge in [0.2, 0.25) is 0 Å². The van der Waals surface area contributed by atoms with Crippen LogP contribution < -0.4 is 11.1 Å². The molecule has 0 heterocycles. The number of nitrogens with two attached hydrogens (primary N) is 1. The number of nitrogens with one attached hydrogen (secondary N) is 1. The molecule has 1 aromatic carbocycles. The fourth-order valence-corrected chi connectivity index (χ4v) is 2.46. The minimum atomic E-state index is -5.00. The van der Waals surface area contributed by atoms with Gasteiger partial charge in [-0.1, -0.05) is 0 Å². The second-order valence-electron chi connectivity index (χ2n) is 6.14. The minimum absolute atomic E-state index is 0. The first-order valence-electron chi connectivity index (χ1n) is 7.19. The molecule has 0 aromatic heterocycles. The smallest absolute Gasteiger partial charge is 0.345 e. The molecule has 10 heteroatoms. The third kappa shape index (κ3) is 5.01. The Morgan fingerprint density at radius 2 is 1.52 bits per heavy atom. The zero-order valence-corrected chi connectivity index (χ0v) is 13.9. The average Bonchev–Trinajstić information content (AvgIpc) is 3.29. The highest BCUT2D eigenvalue weighted by Gasteiger charge is 2.42. The summed E-state index contributed by atoms with van der Waals surface area (Å²) in [5.74, 6) is -0.939. The fourth-order valence-electron chi connectivity index (χ4n) is 2.46. The van der Waals surface area contributed by atoms with Gasteiger partial charge in [-0.2, -0.15) is 26.3 Å². The van der Waals surface area contributed by atoms with Crippen LogP contribution in [0, 0.1) is 5.92 Å². The summed E-state index contributed by atoms with van der Waals surface area (Å²) in [6, 6.07) is 0.808. The highest BCUT2D eigenvalue weighted by atomic mass is 35.5. The van der Waals surface area contributed by atoms with Gasteiger partial charge in [-0.3, -0.25) is 4.79 Å². The molecule has 1 unspecified atom stereocenters. The van der Waals surface area contributed by atoms with Crippen LogP contribution in [0.1, 0.15) is 41.3 Å². The van der Waals surface area contributed by atoms with Crippen molar-refractivity contribution in [3.05, 3.63) is 34.9 Å². The molecule has 3 nitrogen and oxygen atoms in total. The van der Waals surface area contributed by atoms with E-state index in [0.717, 1.165) is 12.8 Å². The Labute approximate surface area is 146 Å². The van der Waals surface area contributed by atoms with Crippen LogP contribution in [0.25, 0.3) is 0 Å². The molecule has 0 spiro atoms. The monoisotopic (exact) mass is 390 g/mol. The zero-order chi connectivity index (χ0) is 18.3. The number of halogens is 7. The number of rotatable bonds is 4. The van der Waals surface area contributed by atoms with Crippen molar-refractivity contribution in [2.24, 2.45) is 11.7 Å². The molecular formula is C15H17ClF6N2O. The van der Waals surface area contributed by atoms with Crippen LogP contribution in [-0.4, -0.2) is 18.0 Å². The van der Waals surface area contributed by atoms with Crippen molar-refractivity contribution < 1.29 is 31.1 Å². The van der Waals surface area contributed by atoms with E-state index in [1.54, 1.807) is 6.92 Å². The first-order chi connectivity index (χ1) is 10.9. The van der Waals surface area contributed by atoms with Crippen molar-refractivity contribution in [1.82, 2.24) is 5.32 Å². The van der Waals surface area contributed by atoms with Gasteiger partial charge in [0, 0.05) is 12.1 Å². The van der Waals surface area contributed by atoms with Crippen LogP contribution in [0.15, 0.2) is 18.2 Å². The van der Waals surface area contributed by atoms with Crippen molar-refractivity contribution in [2.75, 3.05) is 6.54 Å². The number of benzene rings is 1. The molecule has 142 valence electrons. The van der Waals surface area contributed by atoms with Gasteiger partial charge in [-0.05, 0) is 43.9 Å². The van der Waals surface area contributed by atoms with Crippen LogP contribution in [0.4, 0.5) is 26.3 Å². The standard InChI is InChI=1S/C15H16F6N2O.ClH/c1-13(7-22,9-2-3-9)23-12(24)8-4-10(14(16,17)18)6-11(5-8)15(19,20)21;/h4-6,9H,2-3,7,22H2,1H3,(H,23,24);1H. The van der Waals surface area contributed by atoms with E-state index in [9.17, 15) is 31.1 Å². The van der Waals surface area contributed by atoms with Gasteiger partial charge in [-0.25, -0.2) is 0 Å². The molecule has 1 aliphatic rings. The zero-order valence-electron chi connectivity index (χ0n) is 13.1. The topological polar surface area (TPSA) is 55.1 Å². The van der Waals surface area contributed by atoms with Gasteiger partial charge in [0.15, 0.2) is 0 Å². The van der Waals surface area contributed by atoms with Crippen molar-refractivity contribution in [3.63, 3.8) is 0 Å². The van der Waals surface area contributed by atoms with E-state index in [-0.39, 0.29) is 30.9 Å². The van der Waals surface area contributed by atoms with E-state index in [0.29, 0.717) is 12.1 Å². The van der Waals surface area contributed by atoms with Gasteiger partial charge in [-0.15, -0.1) is 12.4 Å². The van der Waals surface area contributed by atoms with Crippen molar-refractivity contribution >= 4 is 18.3 Å². The van der Waals surface area contributed by atoms with Crippen LogP contribution in [0.3, 0.4) is 0 Å². The Morgan fingerprint density at radius 1 is 1.08 bits per heavy atom. The Bertz CT molecular complexity index is 610. The molecular weight excluding hydrogens is 374 g/mol. The fraction of sp³-hybridized carbons (Fsp3) is 0.533. The summed E-state index contributed by atoms with van der Waals surface area (Å²) in [6.07, 6.45) is -8.40. The second kappa shape index (κ2) is 7.03. The number of hydrogen-bond acceptors (Lipinski definition) is 2. The molecule has 0 aliphatic heterocycles. The Kier molecular flexibility index (Phi) is 6.06. The first-order valence-corrected chi connectivity index (χ1v) is 7.19. The summed E-state index contributed by atoms with van der Waals surface area (Å²) < 4.78 is 76.9. The Hall–Kier alpha value is -1.48. The van der Waals surface area contributed by atoms with Crippen molar-refractivity contribution in [1.29, 1.82) is 0 Å². The molecule has 2 rings (SSSR count). The molecule has 1 saturated carbocycles. The van der Waals surface area contributed by atoms with Gasteiger partial charge in [0.1, 0.15) is 0 Å². The van der Waals surface area contributed by atoms with E-state index >= 15 is 0 Å². The van der Waals surface area contributed by atoms with E-state index in [4.69, 9.17) is 5.73 Å². The summed E-state index contributed by atoms with van der Waals surface area (Å²) in [7, 11) is 0. The summed E-state index contributed by atoms with van der Waals surface area (Å²) in [6.45, 7) is 1.66. The predicted molar refractivity (Wildman–Crippen MR) is 81.3 cm³/mol. The molecule has 3 N–H and O–H groups in total. The average molecular weight is 391 g/mol. The van der Waals surface area contributed by atoms with Crippen LogP contribution in [0.5, 0.6) is 0 Å². The second-order valence-corrected chi connectivity index (χ2v) is 6.14. The summed E-state index contributed by atoms with van der Waals surface area (Å²) in [5, 5.41) is 2.48. The van der Waals surface area contributed by atoms with E-state index in [1.807, 2.05) is 0 Å². The van der Waals surface area contributed by atoms with E-state index in [2.05, 4.69) is 5.32 Å². The Balaban J connectivity index is 0.00000312.